The number of Topliss-reactive ketones (excluding diaryl/α,β-unsaturated/α-hetero) is 1. The number of methoxy groups -OCH3 is 2. The summed E-state index contributed by atoms with van der Waals surface area (Å²) in [6, 6.07) is 11.8. The number of halogens is 1. The average molecular weight is 469 g/mol. The van der Waals surface area contributed by atoms with E-state index in [1.807, 2.05) is 42.1 Å². The van der Waals surface area contributed by atoms with E-state index in [9.17, 15) is 14.7 Å². The van der Waals surface area contributed by atoms with Crippen molar-refractivity contribution in [3.8, 4) is 5.75 Å². The molecule has 0 radical (unpaired) electrons. The Hall–Kier alpha value is -3.29. The Labute approximate surface area is 196 Å². The Balaban J connectivity index is 1.95. The summed E-state index contributed by atoms with van der Waals surface area (Å²) in [7, 11) is 4.99. The molecule has 1 fully saturated rings. The van der Waals surface area contributed by atoms with Gasteiger partial charge in [0.25, 0.3) is 11.7 Å². The number of hydrogen-bond acceptors (Lipinski definition) is 5. The molecule has 1 aliphatic rings. The van der Waals surface area contributed by atoms with Crippen LogP contribution in [0.3, 0.4) is 0 Å². The minimum Gasteiger partial charge on any atom is -0.507 e. The van der Waals surface area contributed by atoms with Crippen molar-refractivity contribution in [1.82, 2.24) is 9.47 Å². The van der Waals surface area contributed by atoms with Crippen LogP contribution in [0.25, 0.3) is 16.7 Å². The summed E-state index contributed by atoms with van der Waals surface area (Å²) >= 11 is 6.36. The maximum Gasteiger partial charge on any atom is 0.295 e. The number of fused-ring (bicyclic) bond motifs is 1. The number of aliphatic hydroxyl groups excluding tert-OH is 1. The highest BCUT2D eigenvalue weighted by Crippen LogP contribution is 2.43. The van der Waals surface area contributed by atoms with E-state index < -0.39 is 17.7 Å². The van der Waals surface area contributed by atoms with Crippen molar-refractivity contribution in [2.45, 2.75) is 12.5 Å². The van der Waals surface area contributed by atoms with E-state index in [0.717, 1.165) is 16.5 Å². The lowest BCUT2D eigenvalue weighted by molar-refractivity contribution is -0.140. The Bertz CT molecular complexity index is 1260. The van der Waals surface area contributed by atoms with Crippen molar-refractivity contribution in [2.24, 2.45) is 7.05 Å². The number of carbonyl (C=O) groups excluding carboxylic acids is 2. The second-order valence-corrected chi connectivity index (χ2v) is 8.30. The van der Waals surface area contributed by atoms with Crippen molar-refractivity contribution in [1.29, 1.82) is 0 Å². The minimum atomic E-state index is -0.768. The summed E-state index contributed by atoms with van der Waals surface area (Å²) in [6.45, 7) is 0.738. The number of amides is 1. The Morgan fingerprint density at radius 3 is 2.64 bits per heavy atom. The van der Waals surface area contributed by atoms with Gasteiger partial charge in [-0.15, -0.1) is 0 Å². The lowest BCUT2D eigenvalue weighted by Crippen LogP contribution is -2.31. The van der Waals surface area contributed by atoms with Gasteiger partial charge >= 0.3 is 0 Å². The molecule has 172 valence electrons. The van der Waals surface area contributed by atoms with Crippen LogP contribution in [0.4, 0.5) is 0 Å². The fourth-order valence-corrected chi connectivity index (χ4v) is 4.57. The molecule has 1 aliphatic heterocycles. The first kappa shape index (κ1) is 22.9. The average Bonchev–Trinajstić information content (AvgIpc) is 3.28. The first-order chi connectivity index (χ1) is 15.9. The number of hydrogen-bond donors (Lipinski definition) is 1. The number of aromatic nitrogens is 1. The molecule has 4 rings (SSSR count). The maximum absolute atomic E-state index is 13.2. The predicted molar refractivity (Wildman–Crippen MR) is 126 cm³/mol. The monoisotopic (exact) mass is 468 g/mol. The van der Waals surface area contributed by atoms with Crippen LogP contribution in [0.15, 0.2) is 54.2 Å². The van der Waals surface area contributed by atoms with Gasteiger partial charge in [0.15, 0.2) is 0 Å². The molecule has 7 nitrogen and oxygen atoms in total. The van der Waals surface area contributed by atoms with Gasteiger partial charge in [-0.2, -0.15) is 0 Å². The van der Waals surface area contributed by atoms with E-state index in [0.29, 0.717) is 25.3 Å². The van der Waals surface area contributed by atoms with Crippen LogP contribution in [-0.4, -0.2) is 53.6 Å². The summed E-state index contributed by atoms with van der Waals surface area (Å²) < 4.78 is 12.3. The van der Waals surface area contributed by atoms with Gasteiger partial charge in [-0.05, 0) is 30.7 Å². The van der Waals surface area contributed by atoms with Gasteiger partial charge in [-0.3, -0.25) is 9.59 Å². The Kier molecular flexibility index (Phi) is 6.44. The lowest BCUT2D eigenvalue weighted by atomic mass is 9.94. The first-order valence-electron chi connectivity index (χ1n) is 10.5. The molecule has 2 heterocycles. The van der Waals surface area contributed by atoms with E-state index in [2.05, 4.69) is 0 Å². The number of aliphatic hydroxyl groups is 1. The number of ether oxygens (including phenoxy) is 2. The molecule has 1 atom stereocenters. The summed E-state index contributed by atoms with van der Waals surface area (Å²) in [4.78, 5) is 27.8. The van der Waals surface area contributed by atoms with E-state index in [1.165, 1.54) is 12.0 Å². The Morgan fingerprint density at radius 2 is 1.91 bits per heavy atom. The second kappa shape index (κ2) is 9.29. The molecule has 8 heteroatoms. The zero-order chi connectivity index (χ0) is 23.7. The molecule has 33 heavy (non-hydrogen) atoms. The number of carbonyl (C=O) groups is 2. The number of nitrogens with zero attached hydrogens (tertiary/aromatic N) is 2. The minimum absolute atomic E-state index is 0.00363. The molecular weight excluding hydrogens is 444 g/mol. The highest BCUT2D eigenvalue weighted by Gasteiger charge is 2.47. The molecule has 0 aliphatic carbocycles. The third-order valence-electron chi connectivity index (χ3n) is 5.94. The van der Waals surface area contributed by atoms with Crippen LogP contribution >= 0.6 is 11.6 Å². The number of para-hydroxylation sites is 1. The highest BCUT2D eigenvalue weighted by molar-refractivity contribution is 6.47. The summed E-state index contributed by atoms with van der Waals surface area (Å²) in [5.41, 5.74) is 1.94. The summed E-state index contributed by atoms with van der Waals surface area (Å²) in [5, 5.41) is 12.5. The highest BCUT2D eigenvalue weighted by atomic mass is 35.5. The molecule has 1 saturated heterocycles. The van der Waals surface area contributed by atoms with Crippen LogP contribution in [0.2, 0.25) is 5.02 Å². The molecule has 1 amide bonds. The molecule has 1 unspecified atom stereocenters. The van der Waals surface area contributed by atoms with E-state index in [-0.39, 0.29) is 21.9 Å². The van der Waals surface area contributed by atoms with Crippen LogP contribution < -0.4 is 4.74 Å². The van der Waals surface area contributed by atoms with Crippen LogP contribution in [0.5, 0.6) is 5.75 Å². The number of rotatable bonds is 7. The van der Waals surface area contributed by atoms with Gasteiger partial charge in [0.1, 0.15) is 11.5 Å². The topological polar surface area (TPSA) is 81.0 Å². The van der Waals surface area contributed by atoms with Crippen molar-refractivity contribution in [3.05, 3.63) is 70.4 Å². The molecule has 3 aromatic rings. The maximum atomic E-state index is 13.2. The van der Waals surface area contributed by atoms with Gasteiger partial charge in [-0.1, -0.05) is 29.8 Å². The zero-order valence-corrected chi connectivity index (χ0v) is 19.4. The zero-order valence-electron chi connectivity index (χ0n) is 18.7. The van der Waals surface area contributed by atoms with Crippen molar-refractivity contribution in [2.75, 3.05) is 27.4 Å². The predicted octanol–water partition coefficient (Wildman–Crippen LogP) is 4.30. The summed E-state index contributed by atoms with van der Waals surface area (Å²) in [5.74, 6) is -1.27. The SMILES string of the molecule is COCCCN1C(=O)C(=O)/C(=C(/O)c2cc(OC)ccc2Cl)C1c1cn(C)c2ccccc12. The van der Waals surface area contributed by atoms with Crippen molar-refractivity contribution in [3.63, 3.8) is 0 Å². The van der Waals surface area contributed by atoms with Crippen LogP contribution in [0, 0.1) is 0 Å². The lowest BCUT2D eigenvalue weighted by Gasteiger charge is -2.25. The van der Waals surface area contributed by atoms with Gasteiger partial charge in [0.05, 0.1) is 23.7 Å². The van der Waals surface area contributed by atoms with Gasteiger partial charge in [0, 0.05) is 55.5 Å². The number of benzene rings is 2. The second-order valence-electron chi connectivity index (χ2n) is 7.90. The number of aryl methyl sites for hydroxylation is 1. The van der Waals surface area contributed by atoms with Crippen LogP contribution in [-0.2, 0) is 21.4 Å². The van der Waals surface area contributed by atoms with Gasteiger partial charge in [0.2, 0.25) is 0 Å². The van der Waals surface area contributed by atoms with Crippen LogP contribution in [0.1, 0.15) is 23.6 Å². The third kappa shape index (κ3) is 3.98. The van der Waals surface area contributed by atoms with E-state index in [1.54, 1.807) is 25.3 Å². The van der Waals surface area contributed by atoms with Gasteiger partial charge < -0.3 is 24.0 Å². The molecule has 1 aromatic heterocycles. The number of likely N-dealkylation sites (tertiary alicyclic amines) is 1. The number of ketones is 1. The molecule has 0 bridgehead atoms. The summed E-state index contributed by atoms with van der Waals surface area (Å²) in [6.07, 6.45) is 2.44. The molecule has 1 N–H and O–H groups in total. The molecule has 0 spiro atoms. The van der Waals surface area contributed by atoms with E-state index >= 15 is 0 Å². The third-order valence-corrected chi connectivity index (χ3v) is 6.27. The van der Waals surface area contributed by atoms with Crippen molar-refractivity contribution >= 4 is 40.0 Å². The Morgan fingerprint density at radius 1 is 1.15 bits per heavy atom. The fraction of sp³-hybridized carbons (Fsp3) is 0.280. The standard InChI is InChI=1S/C25H25ClN2O5/c1-27-14-18(16-7-4-5-8-20(16)27)22-21(24(30)25(31)28(22)11-6-12-32-2)23(29)17-13-15(33-3)9-10-19(17)26/h4-5,7-10,13-14,22,29H,6,11-12H2,1-3H3/b23-21+. The largest absolute Gasteiger partial charge is 0.507 e. The molecular formula is C25H25ClN2O5. The fourth-order valence-electron chi connectivity index (χ4n) is 4.36. The van der Waals surface area contributed by atoms with E-state index in [4.69, 9.17) is 21.1 Å². The quantitative estimate of drug-likeness (QED) is 0.242. The smallest absolute Gasteiger partial charge is 0.295 e. The molecule has 0 saturated carbocycles. The van der Waals surface area contributed by atoms with Crippen molar-refractivity contribution < 1.29 is 24.2 Å². The normalized spacial score (nSPS) is 17.8. The first-order valence-corrected chi connectivity index (χ1v) is 10.9. The van der Waals surface area contributed by atoms with Gasteiger partial charge in [-0.25, -0.2) is 0 Å². The molecule has 2 aromatic carbocycles.